The van der Waals surface area contributed by atoms with Crippen molar-refractivity contribution < 1.29 is 14.5 Å². The van der Waals surface area contributed by atoms with Gasteiger partial charge in [0, 0.05) is 12.5 Å². The fourth-order valence-electron chi connectivity index (χ4n) is 1.56. The summed E-state index contributed by atoms with van der Waals surface area (Å²) in [7, 11) is 0. The number of ketones is 1. The molecule has 2 aromatic rings. The zero-order valence-electron chi connectivity index (χ0n) is 9.80. The number of rotatable bonds is 3. The Kier molecular flexibility index (Phi) is 3.24. The van der Waals surface area contributed by atoms with Crippen molar-refractivity contribution in [3.63, 3.8) is 0 Å². The van der Waals surface area contributed by atoms with Gasteiger partial charge >= 0.3 is 0 Å². The van der Waals surface area contributed by atoms with Gasteiger partial charge in [-0.25, -0.2) is 0 Å². The Hall–Kier alpha value is -1.68. The van der Waals surface area contributed by atoms with Crippen LogP contribution in [-0.4, -0.2) is 10.9 Å². The minimum Gasteiger partial charge on any atom is -0.508 e. The number of Topliss-reactive ketones (excluding diaryl/α,β-unsaturated/α-hetero) is 1. The van der Waals surface area contributed by atoms with Crippen LogP contribution in [0.4, 0.5) is 0 Å². The van der Waals surface area contributed by atoms with Gasteiger partial charge in [-0.1, -0.05) is 11.3 Å². The molecule has 1 aromatic heterocycles. The van der Waals surface area contributed by atoms with Gasteiger partial charge in [0.2, 0.25) is 17.8 Å². The molecule has 1 aromatic carbocycles. The quantitative estimate of drug-likeness (QED) is 0.668. The summed E-state index contributed by atoms with van der Waals surface area (Å²) in [6, 6.07) is 6.35. The van der Waals surface area contributed by atoms with Gasteiger partial charge in [-0.05, 0) is 31.2 Å². The molecule has 0 spiro atoms. The number of carbonyl (C=O) groups is 1. The van der Waals surface area contributed by atoms with E-state index in [2.05, 4.69) is 0 Å². The normalized spacial score (nSPS) is 10.5. The average molecular weight is 248 g/mol. The fourth-order valence-corrected chi connectivity index (χ4v) is 2.36. The molecule has 0 fully saturated rings. The number of benzene rings is 1. The molecular formula is C13H14NO2S+. The Morgan fingerprint density at radius 3 is 2.47 bits per heavy atom. The van der Waals surface area contributed by atoms with Crippen LogP contribution in [0.25, 0.3) is 0 Å². The van der Waals surface area contributed by atoms with Crippen LogP contribution in [0.5, 0.6) is 5.75 Å². The van der Waals surface area contributed by atoms with Gasteiger partial charge < -0.3 is 5.11 Å². The molecule has 17 heavy (non-hydrogen) atoms. The summed E-state index contributed by atoms with van der Waals surface area (Å²) in [5.74, 6) is 0.229. The number of hydrogen-bond acceptors (Lipinski definition) is 3. The molecule has 0 saturated carbocycles. The first kappa shape index (κ1) is 11.8. The SMILES string of the molecule is Cc1sc[n+](CC(=O)c2ccc(O)cc2)c1C. The maximum Gasteiger partial charge on any atom is 0.227 e. The van der Waals surface area contributed by atoms with Crippen LogP contribution in [-0.2, 0) is 6.54 Å². The molecular weight excluding hydrogens is 234 g/mol. The van der Waals surface area contributed by atoms with Crippen LogP contribution >= 0.6 is 11.3 Å². The number of hydrogen-bond donors (Lipinski definition) is 1. The van der Waals surface area contributed by atoms with E-state index >= 15 is 0 Å². The molecule has 0 bridgehead atoms. The smallest absolute Gasteiger partial charge is 0.227 e. The molecule has 3 nitrogen and oxygen atoms in total. The van der Waals surface area contributed by atoms with Crippen molar-refractivity contribution in [3.8, 4) is 5.75 Å². The molecule has 0 saturated heterocycles. The third-order valence-corrected chi connectivity index (χ3v) is 3.81. The molecule has 88 valence electrons. The lowest BCUT2D eigenvalue weighted by molar-refractivity contribution is -0.684. The number of nitrogens with zero attached hydrogens (tertiary/aromatic N) is 1. The van der Waals surface area contributed by atoms with E-state index in [0.717, 1.165) is 5.69 Å². The molecule has 1 N–H and O–H groups in total. The van der Waals surface area contributed by atoms with Gasteiger partial charge in [-0.15, -0.1) is 0 Å². The van der Waals surface area contributed by atoms with Crippen molar-refractivity contribution in [2.24, 2.45) is 0 Å². The predicted octanol–water partition coefficient (Wildman–Crippen LogP) is 2.24. The van der Waals surface area contributed by atoms with E-state index in [1.165, 1.54) is 17.0 Å². The van der Waals surface area contributed by atoms with Crippen LogP contribution in [0.2, 0.25) is 0 Å². The molecule has 0 aliphatic heterocycles. The molecule has 0 radical (unpaired) electrons. The molecule has 4 heteroatoms. The van der Waals surface area contributed by atoms with Gasteiger partial charge in [0.1, 0.15) is 5.75 Å². The minimum atomic E-state index is 0.0518. The van der Waals surface area contributed by atoms with E-state index in [4.69, 9.17) is 5.11 Å². The van der Waals surface area contributed by atoms with E-state index in [1.54, 1.807) is 23.5 Å². The van der Waals surface area contributed by atoms with Crippen molar-refractivity contribution in [1.82, 2.24) is 0 Å². The first-order valence-electron chi connectivity index (χ1n) is 5.34. The van der Waals surface area contributed by atoms with Gasteiger partial charge in [-0.2, -0.15) is 4.57 Å². The van der Waals surface area contributed by atoms with Crippen LogP contribution in [0.15, 0.2) is 29.8 Å². The van der Waals surface area contributed by atoms with E-state index in [9.17, 15) is 4.79 Å². The number of aromatic nitrogens is 1. The molecule has 1 heterocycles. The van der Waals surface area contributed by atoms with E-state index in [-0.39, 0.29) is 11.5 Å². The van der Waals surface area contributed by atoms with Gasteiger partial charge in [0.15, 0.2) is 5.69 Å². The third-order valence-electron chi connectivity index (χ3n) is 2.80. The van der Waals surface area contributed by atoms with Gasteiger partial charge in [-0.3, -0.25) is 4.79 Å². The number of phenolic OH excluding ortho intramolecular Hbond substituents is 1. The molecule has 2 rings (SSSR count). The Morgan fingerprint density at radius 1 is 1.29 bits per heavy atom. The summed E-state index contributed by atoms with van der Waals surface area (Å²) in [5.41, 5.74) is 3.71. The first-order valence-corrected chi connectivity index (χ1v) is 6.22. The van der Waals surface area contributed by atoms with Crippen LogP contribution in [0.3, 0.4) is 0 Å². The Balaban J connectivity index is 2.17. The second-order valence-electron chi connectivity index (χ2n) is 3.96. The van der Waals surface area contributed by atoms with Crippen LogP contribution in [0.1, 0.15) is 20.9 Å². The Labute approximate surface area is 104 Å². The molecule has 0 unspecified atom stereocenters. The highest BCUT2D eigenvalue weighted by Gasteiger charge is 2.17. The first-order chi connectivity index (χ1) is 8.08. The molecule has 0 aliphatic carbocycles. The molecule has 0 amide bonds. The lowest BCUT2D eigenvalue weighted by Crippen LogP contribution is -2.38. The number of thiazole rings is 1. The monoisotopic (exact) mass is 248 g/mol. The highest BCUT2D eigenvalue weighted by atomic mass is 32.1. The highest BCUT2D eigenvalue weighted by molar-refractivity contribution is 7.09. The Bertz CT molecular complexity index is 543. The Morgan fingerprint density at radius 2 is 1.94 bits per heavy atom. The second-order valence-corrected chi connectivity index (χ2v) is 5.02. The number of carbonyl (C=O) groups excluding carboxylic acids is 1. The predicted molar refractivity (Wildman–Crippen MR) is 66.4 cm³/mol. The zero-order valence-corrected chi connectivity index (χ0v) is 10.6. The van der Waals surface area contributed by atoms with Crippen molar-refractivity contribution in [1.29, 1.82) is 0 Å². The van der Waals surface area contributed by atoms with Crippen LogP contribution in [0, 0.1) is 13.8 Å². The maximum absolute atomic E-state index is 12.0. The summed E-state index contributed by atoms with van der Waals surface area (Å²) in [4.78, 5) is 13.2. The topological polar surface area (TPSA) is 41.2 Å². The lowest BCUT2D eigenvalue weighted by Gasteiger charge is -1.98. The molecule has 0 aliphatic rings. The summed E-state index contributed by atoms with van der Waals surface area (Å²) in [6.07, 6.45) is 0. The van der Waals surface area contributed by atoms with E-state index in [1.807, 2.05) is 23.9 Å². The fraction of sp³-hybridized carbons (Fsp3) is 0.231. The standard InChI is InChI=1S/C13H13NO2S/c1-9-10(2)17-8-14(9)7-13(16)11-3-5-12(15)6-4-11/h3-6,8H,7H2,1-2H3/p+1. The van der Waals surface area contributed by atoms with Crippen LogP contribution < -0.4 is 4.57 Å². The average Bonchev–Trinajstić information content (AvgIpc) is 2.62. The number of aromatic hydroxyl groups is 1. The zero-order chi connectivity index (χ0) is 12.4. The minimum absolute atomic E-state index is 0.0518. The summed E-state index contributed by atoms with van der Waals surface area (Å²) < 4.78 is 1.95. The van der Waals surface area contributed by atoms with Crippen molar-refractivity contribution >= 4 is 17.1 Å². The highest BCUT2D eigenvalue weighted by Crippen LogP contribution is 2.11. The van der Waals surface area contributed by atoms with Crippen molar-refractivity contribution in [2.75, 3.05) is 0 Å². The largest absolute Gasteiger partial charge is 0.508 e. The molecule has 0 atom stereocenters. The third kappa shape index (κ3) is 2.53. The second kappa shape index (κ2) is 4.67. The maximum atomic E-state index is 12.0. The van der Waals surface area contributed by atoms with Gasteiger partial charge in [0.05, 0.1) is 4.88 Å². The lowest BCUT2D eigenvalue weighted by atomic mass is 10.1. The van der Waals surface area contributed by atoms with Crippen molar-refractivity contribution in [3.05, 3.63) is 45.9 Å². The van der Waals surface area contributed by atoms with Crippen molar-refractivity contribution in [2.45, 2.75) is 20.4 Å². The summed E-state index contributed by atoms with van der Waals surface area (Å²) >= 11 is 1.64. The number of phenols is 1. The summed E-state index contributed by atoms with van der Waals surface area (Å²) in [6.45, 7) is 4.40. The van der Waals surface area contributed by atoms with E-state index in [0.29, 0.717) is 12.1 Å². The summed E-state index contributed by atoms with van der Waals surface area (Å²) in [5, 5.41) is 9.16. The number of aryl methyl sites for hydroxylation is 1. The van der Waals surface area contributed by atoms with Gasteiger partial charge in [0.25, 0.3) is 0 Å². The van der Waals surface area contributed by atoms with E-state index < -0.39 is 0 Å².